The molecule has 43 heavy (non-hydrogen) atoms. The van der Waals surface area contributed by atoms with Gasteiger partial charge < -0.3 is 30.5 Å². The zero-order chi connectivity index (χ0) is 29.8. The van der Waals surface area contributed by atoms with Crippen molar-refractivity contribution in [3.8, 4) is 0 Å². The third-order valence-corrected chi connectivity index (χ3v) is 8.23. The molecule has 0 bridgehead atoms. The number of rotatable bonds is 12. The second-order valence-corrected chi connectivity index (χ2v) is 11.1. The summed E-state index contributed by atoms with van der Waals surface area (Å²) >= 11 is 0. The van der Waals surface area contributed by atoms with E-state index in [1.807, 2.05) is 59.3 Å². The number of hydrogen-bond donors (Lipinski definition) is 5. The summed E-state index contributed by atoms with van der Waals surface area (Å²) in [5.41, 5.74) is 4.41. The highest BCUT2D eigenvalue weighted by atomic mass is 16.3. The number of fused-ring (bicyclic) bond motifs is 1. The fraction of sp³-hybridized carbons (Fsp3) is 0.375. The monoisotopic (exact) mass is 582 g/mol. The summed E-state index contributed by atoms with van der Waals surface area (Å²) in [5, 5.41) is 43.6. The third-order valence-electron chi connectivity index (χ3n) is 8.23. The van der Waals surface area contributed by atoms with Gasteiger partial charge in [-0.25, -0.2) is 4.98 Å². The maximum atomic E-state index is 11.2. The molecule has 1 fully saturated rings. The number of aliphatic hydroxyl groups is 3. The first-order valence-electron chi connectivity index (χ1n) is 14.9. The Morgan fingerprint density at radius 2 is 1.65 bits per heavy atom. The zero-order valence-corrected chi connectivity index (χ0v) is 24.2. The highest BCUT2D eigenvalue weighted by molar-refractivity contribution is 5.84. The van der Waals surface area contributed by atoms with Crippen LogP contribution in [0.3, 0.4) is 0 Å². The number of nitrogens with one attached hydrogen (secondary N) is 2. The van der Waals surface area contributed by atoms with Gasteiger partial charge in [-0.1, -0.05) is 67.6 Å². The molecule has 1 aliphatic carbocycles. The fourth-order valence-electron chi connectivity index (χ4n) is 5.82. The van der Waals surface area contributed by atoms with Gasteiger partial charge in [-0.2, -0.15) is 15.1 Å². The van der Waals surface area contributed by atoms with Crippen molar-refractivity contribution in [3.05, 3.63) is 96.1 Å². The highest BCUT2D eigenvalue weighted by Crippen LogP contribution is 2.40. The highest BCUT2D eigenvalue weighted by Gasteiger charge is 2.44. The molecule has 0 aliphatic heterocycles. The van der Waals surface area contributed by atoms with E-state index in [2.05, 4.69) is 39.8 Å². The van der Waals surface area contributed by atoms with Crippen LogP contribution >= 0.6 is 0 Å². The van der Waals surface area contributed by atoms with Crippen molar-refractivity contribution in [2.75, 3.05) is 23.8 Å². The average molecular weight is 583 g/mol. The second-order valence-electron chi connectivity index (χ2n) is 11.1. The number of aliphatic hydroxyl groups excluding tert-OH is 3. The van der Waals surface area contributed by atoms with Crippen LogP contribution in [0, 0.1) is 0 Å². The molecule has 5 aromatic rings. The molecule has 1 saturated carbocycles. The maximum absolute atomic E-state index is 11.2. The molecule has 1 aliphatic rings. The Kier molecular flexibility index (Phi) is 8.64. The van der Waals surface area contributed by atoms with Gasteiger partial charge in [0.15, 0.2) is 17.0 Å². The summed E-state index contributed by atoms with van der Waals surface area (Å²) in [6.45, 7) is 2.57. The van der Waals surface area contributed by atoms with Gasteiger partial charge in [-0.05, 0) is 42.4 Å². The van der Waals surface area contributed by atoms with E-state index in [1.54, 1.807) is 17.2 Å². The summed E-state index contributed by atoms with van der Waals surface area (Å²) in [6.07, 6.45) is 6.01. The molecule has 0 spiro atoms. The SMILES string of the molecule is CCc1cnn([C@H]2C[C@@H](n3cnc4c(N[C@H](CO)Cc5ccccc5)nc(NCCc5ccccc5)nc43)[C@H](O)[C@@H]2O)c1. The third kappa shape index (κ3) is 6.24. The Bertz CT molecular complexity index is 1620. The van der Waals surface area contributed by atoms with Gasteiger partial charge in [0.2, 0.25) is 5.95 Å². The standard InChI is InChI=1S/C32H38N8O3/c1-2-21-17-35-40(18-21)26-16-25(28(42)29(26)43)39-20-34-27-30(36-24(19-41)15-23-11-7-4-8-12-23)37-32(38-31(27)39)33-14-13-22-9-5-3-6-10-22/h3-12,17-18,20,24-26,28-29,41-43H,2,13-16,19H2,1H3,(H2,33,36,37,38)/t24-,25+,26-,28-,29+/m0/s1. The number of aryl methyl sites for hydroxylation is 1. The minimum Gasteiger partial charge on any atom is -0.394 e. The van der Waals surface area contributed by atoms with E-state index in [9.17, 15) is 15.3 Å². The van der Waals surface area contributed by atoms with Crippen molar-refractivity contribution in [1.82, 2.24) is 29.3 Å². The Morgan fingerprint density at radius 3 is 2.35 bits per heavy atom. The molecule has 11 nitrogen and oxygen atoms in total. The first-order chi connectivity index (χ1) is 21.0. The predicted octanol–water partition coefficient (Wildman–Crippen LogP) is 3.16. The molecule has 6 rings (SSSR count). The minimum atomic E-state index is -1.04. The Morgan fingerprint density at radius 1 is 0.930 bits per heavy atom. The molecule has 224 valence electrons. The number of imidazole rings is 1. The van der Waals surface area contributed by atoms with Crippen LogP contribution in [0.1, 0.15) is 42.1 Å². The van der Waals surface area contributed by atoms with Crippen LogP contribution in [0.2, 0.25) is 0 Å². The Balaban J connectivity index is 1.31. The smallest absolute Gasteiger partial charge is 0.226 e. The normalized spacial score (nSPS) is 20.8. The molecule has 0 amide bonds. The van der Waals surface area contributed by atoms with Gasteiger partial charge >= 0.3 is 0 Å². The maximum Gasteiger partial charge on any atom is 0.226 e. The number of nitrogens with zero attached hydrogens (tertiary/aromatic N) is 6. The molecule has 2 aromatic carbocycles. The van der Waals surface area contributed by atoms with Crippen molar-refractivity contribution < 1.29 is 15.3 Å². The second kappa shape index (κ2) is 12.9. The summed E-state index contributed by atoms with van der Waals surface area (Å²) in [6, 6.07) is 19.0. The van der Waals surface area contributed by atoms with Crippen molar-refractivity contribution in [1.29, 1.82) is 0 Å². The van der Waals surface area contributed by atoms with Gasteiger partial charge in [0.25, 0.3) is 0 Å². The van der Waals surface area contributed by atoms with E-state index in [-0.39, 0.29) is 18.7 Å². The molecule has 5 N–H and O–H groups in total. The summed E-state index contributed by atoms with van der Waals surface area (Å²) in [7, 11) is 0. The van der Waals surface area contributed by atoms with Crippen LogP contribution < -0.4 is 10.6 Å². The quantitative estimate of drug-likeness (QED) is 0.150. The summed E-state index contributed by atoms with van der Waals surface area (Å²) in [4.78, 5) is 14.2. The first-order valence-corrected chi connectivity index (χ1v) is 14.9. The van der Waals surface area contributed by atoms with E-state index in [4.69, 9.17) is 9.97 Å². The van der Waals surface area contributed by atoms with E-state index in [0.717, 1.165) is 24.0 Å². The van der Waals surface area contributed by atoms with Crippen LogP contribution in [-0.2, 0) is 19.3 Å². The fourth-order valence-corrected chi connectivity index (χ4v) is 5.82. The number of anilines is 2. The molecule has 11 heteroatoms. The largest absolute Gasteiger partial charge is 0.394 e. The van der Waals surface area contributed by atoms with Gasteiger partial charge in [-0.3, -0.25) is 4.68 Å². The van der Waals surface area contributed by atoms with Crippen LogP contribution in [0.15, 0.2) is 79.4 Å². The van der Waals surface area contributed by atoms with Crippen molar-refractivity contribution >= 4 is 22.9 Å². The van der Waals surface area contributed by atoms with Gasteiger partial charge in [0.1, 0.15) is 12.2 Å². The molecular weight excluding hydrogens is 544 g/mol. The lowest BCUT2D eigenvalue weighted by Crippen LogP contribution is -2.30. The average Bonchev–Trinajstić information content (AvgIpc) is 3.76. The van der Waals surface area contributed by atoms with E-state index in [1.165, 1.54) is 5.56 Å². The van der Waals surface area contributed by atoms with Crippen molar-refractivity contribution in [2.45, 2.75) is 62.9 Å². The molecular formula is C32H38N8O3. The van der Waals surface area contributed by atoms with Crippen LogP contribution in [0.4, 0.5) is 11.8 Å². The van der Waals surface area contributed by atoms with Gasteiger partial charge in [0.05, 0.1) is 37.3 Å². The molecule has 0 radical (unpaired) electrons. The van der Waals surface area contributed by atoms with Crippen LogP contribution in [0.25, 0.3) is 11.2 Å². The number of hydrogen-bond acceptors (Lipinski definition) is 9. The van der Waals surface area contributed by atoms with Crippen LogP contribution in [0.5, 0.6) is 0 Å². The molecule has 5 atom stereocenters. The summed E-state index contributed by atoms with van der Waals surface area (Å²) < 4.78 is 3.58. The minimum absolute atomic E-state index is 0.100. The van der Waals surface area contributed by atoms with Gasteiger partial charge in [0, 0.05) is 12.7 Å². The lowest BCUT2D eigenvalue weighted by molar-refractivity contribution is 0.00721. The topological polar surface area (TPSA) is 146 Å². The lowest BCUT2D eigenvalue weighted by atomic mass is 10.1. The molecule has 0 saturated heterocycles. The van der Waals surface area contributed by atoms with Crippen molar-refractivity contribution in [2.24, 2.45) is 0 Å². The lowest BCUT2D eigenvalue weighted by Gasteiger charge is -2.20. The predicted molar refractivity (Wildman–Crippen MR) is 165 cm³/mol. The van der Waals surface area contributed by atoms with Crippen molar-refractivity contribution in [3.63, 3.8) is 0 Å². The van der Waals surface area contributed by atoms with Gasteiger partial charge in [-0.15, -0.1) is 0 Å². The Hall–Kier alpha value is -4.32. The van der Waals surface area contributed by atoms with E-state index < -0.39 is 18.2 Å². The zero-order valence-electron chi connectivity index (χ0n) is 24.2. The van der Waals surface area contributed by atoms with E-state index in [0.29, 0.717) is 42.3 Å². The van der Waals surface area contributed by atoms with Crippen LogP contribution in [-0.4, -0.2) is 76.0 Å². The summed E-state index contributed by atoms with van der Waals surface area (Å²) in [5.74, 6) is 0.901. The number of aromatic nitrogens is 6. The van der Waals surface area contributed by atoms with E-state index >= 15 is 0 Å². The molecule has 3 heterocycles. The number of benzene rings is 2. The molecule has 3 aromatic heterocycles. The Labute approximate surface area is 250 Å². The molecule has 0 unspecified atom stereocenters. The first kappa shape index (κ1) is 28.8.